The zero-order valence-electron chi connectivity index (χ0n) is 17.8. The number of fused-ring (bicyclic) bond motifs is 1. The third-order valence-electron chi connectivity index (χ3n) is 6.50. The van der Waals surface area contributed by atoms with E-state index in [1.807, 2.05) is 18.2 Å². The first-order valence-corrected chi connectivity index (χ1v) is 11.1. The Morgan fingerprint density at radius 1 is 1.00 bits per heavy atom. The fraction of sp³-hybridized carbons (Fsp3) is 0.417. The molecule has 4 rings (SSSR count). The van der Waals surface area contributed by atoms with E-state index in [0.29, 0.717) is 17.6 Å². The van der Waals surface area contributed by atoms with Crippen molar-refractivity contribution >= 4 is 10.9 Å². The molecule has 0 radical (unpaired) electrons. The Kier molecular flexibility index (Phi) is 6.25. The highest BCUT2D eigenvalue weighted by molar-refractivity contribution is 5.77. The van der Waals surface area contributed by atoms with Crippen molar-refractivity contribution in [1.82, 2.24) is 9.55 Å². The Morgan fingerprint density at radius 2 is 1.67 bits per heavy atom. The topological polar surface area (TPSA) is 43.8 Å². The van der Waals surface area contributed by atoms with Gasteiger partial charge in [-0.25, -0.2) is 9.37 Å². The number of aromatic nitrogens is 2. The number of hydrogen-bond donors (Lipinski definition) is 2. The summed E-state index contributed by atoms with van der Waals surface area (Å²) in [5, 5.41) is 0.587. The van der Waals surface area contributed by atoms with Gasteiger partial charge in [-0.15, -0.1) is 0 Å². The summed E-state index contributed by atoms with van der Waals surface area (Å²) in [4.78, 5) is 21.3. The number of para-hydroxylation sites is 1. The number of quaternary nitrogens is 2. The van der Waals surface area contributed by atoms with Gasteiger partial charge in [-0.3, -0.25) is 9.36 Å². The molecule has 0 atom stereocenters. The maximum absolute atomic E-state index is 13.5. The molecule has 0 amide bonds. The molecule has 0 bridgehead atoms. The zero-order valence-corrected chi connectivity index (χ0v) is 17.8. The van der Waals surface area contributed by atoms with Crippen molar-refractivity contribution in [3.8, 4) is 5.69 Å². The van der Waals surface area contributed by atoms with Crippen LogP contribution in [0.4, 0.5) is 4.39 Å². The summed E-state index contributed by atoms with van der Waals surface area (Å²) in [6, 6.07) is 14.3. The standard InChI is InChI=1S/C24H29FN4O/c1-3-19(4-2)28-15-13-27(14-16-28)17-23-26-22-8-6-5-7-21(22)24(30)29(23)20-11-9-18(25)10-12-20/h5-12,19H,3-4,13-17H2,1-2H3/p+2. The van der Waals surface area contributed by atoms with Gasteiger partial charge < -0.3 is 9.80 Å². The van der Waals surface area contributed by atoms with Crippen molar-refractivity contribution in [1.29, 1.82) is 0 Å². The molecular formula is C24H31FN4O+2. The van der Waals surface area contributed by atoms with Crippen LogP contribution in [-0.4, -0.2) is 41.8 Å². The SMILES string of the molecule is CCC(CC)[NH+]1CC[NH+](Cc2nc3ccccc3c(=O)n2-c2ccc(F)cc2)CC1. The van der Waals surface area contributed by atoms with Crippen molar-refractivity contribution in [2.75, 3.05) is 26.2 Å². The number of benzene rings is 2. The second-order valence-electron chi connectivity index (χ2n) is 8.26. The molecule has 0 unspecified atom stereocenters. The second-order valence-corrected chi connectivity index (χ2v) is 8.26. The number of piperazine rings is 1. The lowest BCUT2D eigenvalue weighted by Gasteiger charge is -2.34. The number of rotatable bonds is 6. The summed E-state index contributed by atoms with van der Waals surface area (Å²) in [5.74, 6) is 0.430. The smallest absolute Gasteiger partial charge is 0.266 e. The van der Waals surface area contributed by atoms with E-state index in [4.69, 9.17) is 4.98 Å². The summed E-state index contributed by atoms with van der Waals surface area (Å²) in [6.45, 7) is 9.68. The minimum Gasteiger partial charge on any atom is -0.323 e. The van der Waals surface area contributed by atoms with Crippen LogP contribution in [0.15, 0.2) is 53.3 Å². The molecule has 0 aliphatic carbocycles. The number of halogens is 1. The third-order valence-corrected chi connectivity index (χ3v) is 6.50. The maximum atomic E-state index is 13.5. The molecule has 6 heteroatoms. The normalized spacial score (nSPS) is 19.5. The predicted octanol–water partition coefficient (Wildman–Crippen LogP) is 0.997. The van der Waals surface area contributed by atoms with Gasteiger partial charge in [0.2, 0.25) is 0 Å². The van der Waals surface area contributed by atoms with Crippen molar-refractivity contribution in [2.24, 2.45) is 0 Å². The van der Waals surface area contributed by atoms with Gasteiger partial charge in [-0.05, 0) is 49.2 Å². The Balaban J connectivity index is 1.66. The van der Waals surface area contributed by atoms with E-state index < -0.39 is 0 Å². The van der Waals surface area contributed by atoms with Gasteiger partial charge in [0.1, 0.15) is 38.5 Å². The van der Waals surface area contributed by atoms with Crippen LogP contribution in [-0.2, 0) is 6.54 Å². The average molecular weight is 411 g/mol. The van der Waals surface area contributed by atoms with Gasteiger partial charge in [0.25, 0.3) is 5.56 Å². The summed E-state index contributed by atoms with van der Waals surface area (Å²) >= 11 is 0. The van der Waals surface area contributed by atoms with E-state index in [1.165, 1.54) is 29.9 Å². The monoisotopic (exact) mass is 410 g/mol. The second kappa shape index (κ2) is 9.06. The highest BCUT2D eigenvalue weighted by Crippen LogP contribution is 2.13. The minimum absolute atomic E-state index is 0.0945. The van der Waals surface area contributed by atoms with Crippen LogP contribution in [0.1, 0.15) is 32.5 Å². The fourth-order valence-electron chi connectivity index (χ4n) is 4.75. The van der Waals surface area contributed by atoms with Crippen molar-refractivity contribution in [3.05, 3.63) is 70.5 Å². The molecule has 158 valence electrons. The number of hydrogen-bond acceptors (Lipinski definition) is 2. The molecule has 2 N–H and O–H groups in total. The van der Waals surface area contributed by atoms with Crippen molar-refractivity contribution in [3.63, 3.8) is 0 Å². The van der Waals surface area contributed by atoms with Gasteiger partial charge in [0.05, 0.1) is 22.6 Å². The molecule has 0 spiro atoms. The lowest BCUT2D eigenvalue weighted by molar-refractivity contribution is -1.03. The highest BCUT2D eigenvalue weighted by atomic mass is 19.1. The minimum atomic E-state index is -0.312. The van der Waals surface area contributed by atoms with E-state index in [9.17, 15) is 9.18 Å². The first-order chi connectivity index (χ1) is 14.6. The van der Waals surface area contributed by atoms with Crippen LogP contribution in [0.5, 0.6) is 0 Å². The molecular weight excluding hydrogens is 379 g/mol. The third kappa shape index (κ3) is 4.16. The maximum Gasteiger partial charge on any atom is 0.266 e. The fourth-order valence-corrected chi connectivity index (χ4v) is 4.75. The van der Waals surface area contributed by atoms with Crippen LogP contribution in [0.3, 0.4) is 0 Å². The molecule has 30 heavy (non-hydrogen) atoms. The zero-order chi connectivity index (χ0) is 21.1. The van der Waals surface area contributed by atoms with Gasteiger partial charge >= 0.3 is 0 Å². The summed E-state index contributed by atoms with van der Waals surface area (Å²) in [5.41, 5.74) is 1.29. The lowest BCUT2D eigenvalue weighted by atomic mass is 10.1. The first-order valence-electron chi connectivity index (χ1n) is 11.1. The highest BCUT2D eigenvalue weighted by Gasteiger charge is 2.28. The van der Waals surface area contributed by atoms with Crippen molar-refractivity contribution in [2.45, 2.75) is 39.3 Å². The number of nitrogens with zero attached hydrogens (tertiary/aromatic N) is 2. The van der Waals surface area contributed by atoms with E-state index in [1.54, 1.807) is 27.7 Å². The van der Waals surface area contributed by atoms with E-state index in [0.717, 1.165) is 43.6 Å². The molecule has 3 aromatic rings. The molecule has 1 aromatic heterocycles. The quantitative estimate of drug-likeness (QED) is 0.637. The first kappa shape index (κ1) is 20.7. The van der Waals surface area contributed by atoms with E-state index in [2.05, 4.69) is 13.8 Å². The van der Waals surface area contributed by atoms with Crippen LogP contribution in [0.2, 0.25) is 0 Å². The Bertz CT molecular complexity index is 1050. The van der Waals surface area contributed by atoms with Gasteiger partial charge in [0.15, 0.2) is 5.82 Å². The molecule has 0 saturated carbocycles. The molecule has 2 aromatic carbocycles. The van der Waals surface area contributed by atoms with Crippen molar-refractivity contribution < 1.29 is 14.2 Å². The van der Waals surface area contributed by atoms with Crippen LogP contribution >= 0.6 is 0 Å². The van der Waals surface area contributed by atoms with E-state index >= 15 is 0 Å². The molecule has 1 aliphatic heterocycles. The van der Waals surface area contributed by atoms with Gasteiger partial charge in [0, 0.05) is 0 Å². The van der Waals surface area contributed by atoms with Crippen LogP contribution in [0.25, 0.3) is 16.6 Å². The Hall–Kier alpha value is -2.57. The molecule has 2 heterocycles. The average Bonchev–Trinajstić information content (AvgIpc) is 2.77. The van der Waals surface area contributed by atoms with Crippen LogP contribution in [0, 0.1) is 5.82 Å². The Labute approximate surface area is 176 Å². The Morgan fingerprint density at radius 3 is 2.33 bits per heavy atom. The summed E-state index contributed by atoms with van der Waals surface area (Å²) in [7, 11) is 0. The van der Waals surface area contributed by atoms with Crippen LogP contribution < -0.4 is 15.4 Å². The van der Waals surface area contributed by atoms with Gasteiger partial charge in [-0.2, -0.15) is 0 Å². The van der Waals surface area contributed by atoms with Gasteiger partial charge in [-0.1, -0.05) is 26.0 Å². The molecule has 1 saturated heterocycles. The molecule has 5 nitrogen and oxygen atoms in total. The van der Waals surface area contributed by atoms with E-state index in [-0.39, 0.29) is 11.4 Å². The summed E-state index contributed by atoms with van der Waals surface area (Å²) in [6.07, 6.45) is 2.44. The molecule has 1 aliphatic rings. The molecule has 1 fully saturated rings. The summed E-state index contributed by atoms with van der Waals surface area (Å²) < 4.78 is 15.1. The number of nitrogens with one attached hydrogen (secondary N) is 2. The predicted molar refractivity (Wildman–Crippen MR) is 117 cm³/mol. The largest absolute Gasteiger partial charge is 0.323 e. The lowest BCUT2D eigenvalue weighted by Crippen LogP contribution is -3.29.